The molecule has 2 heterocycles. The summed E-state index contributed by atoms with van der Waals surface area (Å²) in [5.41, 5.74) is 1.08. The van der Waals surface area contributed by atoms with Crippen LogP contribution in [0.15, 0.2) is 42.7 Å². The zero-order valence-electron chi connectivity index (χ0n) is 10.6. The fourth-order valence-corrected chi connectivity index (χ4v) is 2.49. The molecule has 0 amide bonds. The van der Waals surface area contributed by atoms with Crippen molar-refractivity contribution in [2.45, 2.75) is 12.5 Å². The molecule has 4 nitrogen and oxygen atoms in total. The molecule has 3 rings (SSSR count). The average molecular weight is 242 g/mol. The number of rotatable bonds is 3. The highest BCUT2D eigenvalue weighted by Gasteiger charge is 2.22. The van der Waals surface area contributed by atoms with Gasteiger partial charge in [0.2, 0.25) is 5.95 Å². The lowest BCUT2D eigenvalue weighted by Gasteiger charge is -2.16. The maximum atomic E-state index is 4.41. The van der Waals surface area contributed by atoms with E-state index in [9.17, 15) is 0 Å². The zero-order chi connectivity index (χ0) is 12.4. The predicted octanol–water partition coefficient (Wildman–Crippen LogP) is 2.50. The molecular formula is C14H18N4. The topological polar surface area (TPSA) is 33.1 Å². The Bertz CT molecular complexity index is 506. The average Bonchev–Trinajstić information content (AvgIpc) is 2.99. The van der Waals surface area contributed by atoms with Crippen molar-refractivity contribution in [3.05, 3.63) is 42.7 Å². The molecule has 18 heavy (non-hydrogen) atoms. The molecule has 1 aliphatic rings. The maximum Gasteiger partial charge on any atom is 0.207 e. The summed E-state index contributed by atoms with van der Waals surface area (Å²) in [6.07, 6.45) is 5.12. The van der Waals surface area contributed by atoms with E-state index in [1.165, 1.54) is 6.42 Å². The molecule has 1 aliphatic heterocycles. The molecule has 0 saturated carbocycles. The number of imidazole rings is 1. The van der Waals surface area contributed by atoms with Gasteiger partial charge in [0.05, 0.1) is 6.04 Å². The normalized spacial score (nSPS) is 20.2. The van der Waals surface area contributed by atoms with Crippen LogP contribution < -0.4 is 5.32 Å². The summed E-state index contributed by atoms with van der Waals surface area (Å²) in [4.78, 5) is 6.77. The van der Waals surface area contributed by atoms with Gasteiger partial charge >= 0.3 is 0 Å². The molecule has 94 valence electrons. The SMILES string of the molecule is CN1CCC(n2ccnc2Nc2ccccc2)C1. The van der Waals surface area contributed by atoms with E-state index < -0.39 is 0 Å². The lowest BCUT2D eigenvalue weighted by molar-refractivity contribution is 0.393. The number of para-hydroxylation sites is 1. The Labute approximate surface area is 107 Å². The van der Waals surface area contributed by atoms with E-state index in [1.807, 2.05) is 24.4 Å². The number of nitrogens with zero attached hydrogens (tertiary/aromatic N) is 3. The van der Waals surface area contributed by atoms with E-state index in [0.29, 0.717) is 6.04 Å². The summed E-state index contributed by atoms with van der Waals surface area (Å²) in [6.45, 7) is 2.26. The maximum absolute atomic E-state index is 4.41. The van der Waals surface area contributed by atoms with Crippen LogP contribution >= 0.6 is 0 Å². The van der Waals surface area contributed by atoms with Gasteiger partial charge in [-0.25, -0.2) is 4.98 Å². The second-order valence-electron chi connectivity index (χ2n) is 4.85. The molecule has 0 radical (unpaired) electrons. The van der Waals surface area contributed by atoms with Crippen molar-refractivity contribution in [2.75, 3.05) is 25.5 Å². The Hall–Kier alpha value is -1.81. The number of likely N-dealkylation sites (tertiary alicyclic amines) is 1. The molecule has 4 heteroatoms. The van der Waals surface area contributed by atoms with Crippen molar-refractivity contribution in [2.24, 2.45) is 0 Å². The van der Waals surface area contributed by atoms with Crippen LogP contribution in [0.3, 0.4) is 0 Å². The van der Waals surface area contributed by atoms with E-state index in [-0.39, 0.29) is 0 Å². The van der Waals surface area contributed by atoms with Gasteiger partial charge in [0.15, 0.2) is 0 Å². The number of nitrogens with one attached hydrogen (secondary N) is 1. The summed E-state index contributed by atoms with van der Waals surface area (Å²) in [5, 5.41) is 3.38. The lowest BCUT2D eigenvalue weighted by Crippen LogP contribution is -2.17. The van der Waals surface area contributed by atoms with E-state index in [2.05, 4.69) is 45.1 Å². The Morgan fingerprint density at radius 2 is 2.11 bits per heavy atom. The van der Waals surface area contributed by atoms with Gasteiger partial charge in [0.1, 0.15) is 0 Å². The Morgan fingerprint density at radius 1 is 1.28 bits per heavy atom. The minimum Gasteiger partial charge on any atom is -0.326 e. The second kappa shape index (κ2) is 4.82. The van der Waals surface area contributed by atoms with E-state index in [0.717, 1.165) is 24.7 Å². The van der Waals surface area contributed by atoms with Gasteiger partial charge in [-0.2, -0.15) is 0 Å². The van der Waals surface area contributed by atoms with Crippen LogP contribution in [0.4, 0.5) is 11.6 Å². The number of aromatic nitrogens is 2. The summed E-state index contributed by atoms with van der Waals surface area (Å²) in [7, 11) is 2.17. The molecule has 1 saturated heterocycles. The molecule has 1 fully saturated rings. The van der Waals surface area contributed by atoms with Crippen LogP contribution in [-0.4, -0.2) is 34.6 Å². The van der Waals surface area contributed by atoms with Gasteiger partial charge in [0.25, 0.3) is 0 Å². The van der Waals surface area contributed by atoms with Gasteiger partial charge in [-0.05, 0) is 32.1 Å². The summed E-state index contributed by atoms with van der Waals surface area (Å²) in [6, 6.07) is 10.7. The lowest BCUT2D eigenvalue weighted by atomic mass is 10.2. The fourth-order valence-electron chi connectivity index (χ4n) is 2.49. The minimum atomic E-state index is 0.531. The van der Waals surface area contributed by atoms with Crippen LogP contribution in [0.2, 0.25) is 0 Å². The third kappa shape index (κ3) is 2.24. The summed E-state index contributed by atoms with van der Waals surface area (Å²) < 4.78 is 2.25. The quantitative estimate of drug-likeness (QED) is 0.897. The summed E-state index contributed by atoms with van der Waals surface area (Å²) >= 11 is 0. The van der Waals surface area contributed by atoms with E-state index >= 15 is 0 Å². The third-order valence-electron chi connectivity index (χ3n) is 3.46. The largest absolute Gasteiger partial charge is 0.326 e. The molecule has 0 spiro atoms. The first kappa shape index (κ1) is 11.3. The van der Waals surface area contributed by atoms with Crippen molar-refractivity contribution < 1.29 is 0 Å². The van der Waals surface area contributed by atoms with E-state index in [4.69, 9.17) is 0 Å². The predicted molar refractivity (Wildman–Crippen MR) is 73.1 cm³/mol. The number of benzene rings is 1. The first-order valence-corrected chi connectivity index (χ1v) is 6.36. The van der Waals surface area contributed by atoms with Crippen molar-refractivity contribution in [1.82, 2.24) is 14.5 Å². The Kier molecular flexibility index (Phi) is 3.02. The van der Waals surface area contributed by atoms with Crippen LogP contribution in [0, 0.1) is 0 Å². The van der Waals surface area contributed by atoms with Gasteiger partial charge in [0, 0.05) is 24.6 Å². The first-order chi connectivity index (χ1) is 8.83. The highest BCUT2D eigenvalue weighted by atomic mass is 15.3. The highest BCUT2D eigenvalue weighted by molar-refractivity contribution is 5.53. The molecule has 0 bridgehead atoms. The smallest absolute Gasteiger partial charge is 0.207 e. The molecule has 1 aromatic heterocycles. The van der Waals surface area contributed by atoms with Crippen LogP contribution in [0.25, 0.3) is 0 Å². The first-order valence-electron chi connectivity index (χ1n) is 6.36. The third-order valence-corrected chi connectivity index (χ3v) is 3.46. The van der Waals surface area contributed by atoms with E-state index in [1.54, 1.807) is 0 Å². The van der Waals surface area contributed by atoms with Crippen LogP contribution in [-0.2, 0) is 0 Å². The van der Waals surface area contributed by atoms with Crippen LogP contribution in [0.5, 0.6) is 0 Å². The zero-order valence-corrected chi connectivity index (χ0v) is 10.6. The Morgan fingerprint density at radius 3 is 2.83 bits per heavy atom. The van der Waals surface area contributed by atoms with Gasteiger partial charge in [-0.3, -0.25) is 0 Å². The molecule has 0 aliphatic carbocycles. The standard InChI is InChI=1S/C14H18N4/c1-17-9-7-13(11-17)18-10-8-15-14(18)16-12-5-3-2-4-6-12/h2-6,8,10,13H,7,9,11H2,1H3,(H,15,16). The number of hydrogen-bond donors (Lipinski definition) is 1. The van der Waals surface area contributed by atoms with Crippen molar-refractivity contribution >= 4 is 11.6 Å². The molecule has 1 unspecified atom stereocenters. The monoisotopic (exact) mass is 242 g/mol. The highest BCUT2D eigenvalue weighted by Crippen LogP contribution is 2.25. The summed E-state index contributed by atoms with van der Waals surface area (Å²) in [5.74, 6) is 0.932. The molecule has 1 aromatic carbocycles. The second-order valence-corrected chi connectivity index (χ2v) is 4.85. The van der Waals surface area contributed by atoms with Crippen molar-refractivity contribution in [3.8, 4) is 0 Å². The number of likely N-dealkylation sites (N-methyl/N-ethyl adjacent to an activating group) is 1. The van der Waals surface area contributed by atoms with Crippen molar-refractivity contribution in [1.29, 1.82) is 0 Å². The van der Waals surface area contributed by atoms with Gasteiger partial charge < -0.3 is 14.8 Å². The molecule has 1 N–H and O–H groups in total. The molecule has 1 atom stereocenters. The Balaban J connectivity index is 1.79. The fraction of sp³-hybridized carbons (Fsp3) is 0.357. The number of anilines is 2. The molecular weight excluding hydrogens is 224 g/mol. The number of hydrogen-bond acceptors (Lipinski definition) is 3. The van der Waals surface area contributed by atoms with Gasteiger partial charge in [-0.15, -0.1) is 0 Å². The minimum absolute atomic E-state index is 0.531. The molecule has 2 aromatic rings. The van der Waals surface area contributed by atoms with Gasteiger partial charge in [-0.1, -0.05) is 18.2 Å². The van der Waals surface area contributed by atoms with Crippen molar-refractivity contribution in [3.63, 3.8) is 0 Å². The van der Waals surface area contributed by atoms with Crippen LogP contribution in [0.1, 0.15) is 12.5 Å².